The van der Waals surface area contributed by atoms with E-state index in [-0.39, 0.29) is 24.0 Å². The number of nitrogens with zero attached hydrogens (tertiary/aromatic N) is 1. The van der Waals surface area contributed by atoms with Crippen molar-refractivity contribution in [1.29, 1.82) is 0 Å². The van der Waals surface area contributed by atoms with E-state index >= 15 is 0 Å². The number of ether oxygens (including phenoxy) is 4. The number of aliphatic imine (C=N–C) groups is 1. The van der Waals surface area contributed by atoms with E-state index in [0.717, 1.165) is 28.6 Å². The Hall–Kier alpha value is -2.20. The molecule has 0 fully saturated rings. The monoisotopic (exact) mass is 529 g/mol. The molecule has 0 heterocycles. The summed E-state index contributed by atoms with van der Waals surface area (Å²) in [6.07, 6.45) is 0.710. The Balaban J connectivity index is 0.00000450. The summed E-state index contributed by atoms with van der Waals surface area (Å²) in [4.78, 5) is 4.24. The van der Waals surface area contributed by atoms with Gasteiger partial charge in [0.05, 0.1) is 34.5 Å². The number of guanidine groups is 1. The maximum Gasteiger partial charge on any atom is 0.191 e. The largest absolute Gasteiger partial charge is 0.496 e. The first-order valence-electron chi connectivity index (χ1n) is 9.56. The normalized spacial score (nSPS) is 10.7. The second kappa shape index (κ2) is 14.7. The van der Waals surface area contributed by atoms with Crippen LogP contribution in [0.5, 0.6) is 17.2 Å². The highest BCUT2D eigenvalue weighted by Crippen LogP contribution is 2.34. The van der Waals surface area contributed by atoms with E-state index in [4.69, 9.17) is 18.9 Å². The van der Waals surface area contributed by atoms with Gasteiger partial charge in [0.25, 0.3) is 0 Å². The van der Waals surface area contributed by atoms with Crippen LogP contribution in [-0.2, 0) is 17.8 Å². The molecule has 2 aromatic rings. The van der Waals surface area contributed by atoms with Gasteiger partial charge in [-0.3, -0.25) is 4.99 Å². The molecule has 0 bridgehead atoms. The van der Waals surface area contributed by atoms with Crippen molar-refractivity contribution in [3.05, 3.63) is 53.6 Å². The molecule has 0 spiro atoms. The van der Waals surface area contributed by atoms with Crippen molar-refractivity contribution in [2.24, 2.45) is 4.99 Å². The van der Waals surface area contributed by atoms with Crippen LogP contribution < -0.4 is 24.8 Å². The van der Waals surface area contributed by atoms with Crippen molar-refractivity contribution >= 4 is 29.9 Å². The zero-order chi connectivity index (χ0) is 20.9. The Morgan fingerprint density at radius 1 is 0.900 bits per heavy atom. The zero-order valence-corrected chi connectivity index (χ0v) is 20.4. The van der Waals surface area contributed by atoms with Gasteiger partial charge in [-0.15, -0.1) is 24.0 Å². The molecule has 166 valence electrons. The van der Waals surface area contributed by atoms with Crippen molar-refractivity contribution < 1.29 is 18.9 Å². The van der Waals surface area contributed by atoms with E-state index in [1.807, 2.05) is 30.3 Å². The molecular weight excluding hydrogens is 497 g/mol. The van der Waals surface area contributed by atoms with Crippen LogP contribution >= 0.6 is 24.0 Å². The molecule has 0 amide bonds. The number of hydrogen-bond acceptors (Lipinski definition) is 5. The van der Waals surface area contributed by atoms with E-state index in [2.05, 4.69) is 27.8 Å². The highest BCUT2D eigenvalue weighted by atomic mass is 127. The lowest BCUT2D eigenvalue weighted by Gasteiger charge is -2.16. The predicted octanol–water partition coefficient (Wildman–Crippen LogP) is 3.25. The number of benzene rings is 2. The first-order valence-corrected chi connectivity index (χ1v) is 9.56. The van der Waals surface area contributed by atoms with Crippen LogP contribution in [0.2, 0.25) is 0 Å². The van der Waals surface area contributed by atoms with Crippen molar-refractivity contribution in [2.45, 2.75) is 13.0 Å². The van der Waals surface area contributed by atoms with Crippen molar-refractivity contribution in [3.63, 3.8) is 0 Å². The van der Waals surface area contributed by atoms with Gasteiger partial charge in [0.15, 0.2) is 5.96 Å². The number of nitrogens with one attached hydrogen (secondary N) is 2. The van der Waals surface area contributed by atoms with Crippen molar-refractivity contribution in [3.8, 4) is 17.2 Å². The van der Waals surface area contributed by atoms with Crippen LogP contribution in [-0.4, -0.2) is 54.0 Å². The Labute approximate surface area is 196 Å². The minimum atomic E-state index is 0. The van der Waals surface area contributed by atoms with Crippen LogP contribution in [0.15, 0.2) is 47.5 Å². The van der Waals surface area contributed by atoms with Gasteiger partial charge in [-0.2, -0.15) is 0 Å². The van der Waals surface area contributed by atoms with Crippen LogP contribution in [0, 0.1) is 0 Å². The van der Waals surface area contributed by atoms with Gasteiger partial charge >= 0.3 is 0 Å². The van der Waals surface area contributed by atoms with Crippen LogP contribution in [0.3, 0.4) is 0 Å². The molecule has 0 aliphatic rings. The van der Waals surface area contributed by atoms with Gasteiger partial charge in [0, 0.05) is 37.8 Å². The molecule has 0 unspecified atom stereocenters. The molecule has 2 N–H and O–H groups in total. The number of hydrogen-bond donors (Lipinski definition) is 2. The Morgan fingerprint density at radius 3 is 2.10 bits per heavy atom. The van der Waals surface area contributed by atoms with Crippen molar-refractivity contribution in [2.75, 3.05) is 48.1 Å². The second-order valence-corrected chi connectivity index (χ2v) is 6.22. The van der Waals surface area contributed by atoms with E-state index < -0.39 is 0 Å². The van der Waals surface area contributed by atoms with Crippen LogP contribution in [0.25, 0.3) is 0 Å². The fraction of sp³-hybridized carbons (Fsp3) is 0.409. The first kappa shape index (κ1) is 25.8. The molecule has 2 rings (SSSR count). The fourth-order valence-corrected chi connectivity index (χ4v) is 2.86. The Bertz CT molecular complexity index is 747. The summed E-state index contributed by atoms with van der Waals surface area (Å²) >= 11 is 0. The molecule has 0 aliphatic heterocycles. The van der Waals surface area contributed by atoms with Gasteiger partial charge < -0.3 is 29.6 Å². The highest BCUT2D eigenvalue weighted by Gasteiger charge is 2.13. The molecular formula is C22H32IN3O4. The molecule has 0 saturated heterocycles. The molecule has 0 radical (unpaired) electrons. The second-order valence-electron chi connectivity index (χ2n) is 6.22. The fourth-order valence-electron chi connectivity index (χ4n) is 2.86. The third kappa shape index (κ3) is 8.27. The van der Waals surface area contributed by atoms with Crippen LogP contribution in [0.1, 0.15) is 11.1 Å². The minimum absolute atomic E-state index is 0. The first-order chi connectivity index (χ1) is 14.2. The standard InChI is InChI=1S/C22H31N3O4.HI/c1-23-22(25-12-13-29-16-17-8-6-5-7-9-17)24-11-10-19-20(27-3)14-18(26-2)15-21(19)28-4;/h5-9,14-15H,10-13,16H2,1-4H3,(H2,23,24,25);1H. The predicted molar refractivity (Wildman–Crippen MR) is 131 cm³/mol. The highest BCUT2D eigenvalue weighted by molar-refractivity contribution is 14.0. The third-order valence-electron chi connectivity index (χ3n) is 4.36. The smallest absolute Gasteiger partial charge is 0.191 e. The molecule has 7 nitrogen and oxygen atoms in total. The topological polar surface area (TPSA) is 73.3 Å². The lowest BCUT2D eigenvalue weighted by atomic mass is 10.1. The number of rotatable bonds is 11. The van der Waals surface area contributed by atoms with Gasteiger partial charge in [-0.05, 0) is 12.0 Å². The summed E-state index contributed by atoms with van der Waals surface area (Å²) in [7, 11) is 6.64. The SMILES string of the molecule is CN=C(NCCOCc1ccccc1)NCCc1c(OC)cc(OC)cc1OC.I. The van der Waals surface area contributed by atoms with Gasteiger partial charge in [-0.25, -0.2) is 0 Å². The molecule has 0 aromatic heterocycles. The maximum absolute atomic E-state index is 5.68. The zero-order valence-electron chi connectivity index (χ0n) is 18.1. The molecule has 30 heavy (non-hydrogen) atoms. The van der Waals surface area contributed by atoms with Gasteiger partial charge in [-0.1, -0.05) is 30.3 Å². The molecule has 8 heteroatoms. The summed E-state index contributed by atoms with van der Waals surface area (Å²) in [5.74, 6) is 2.89. The summed E-state index contributed by atoms with van der Waals surface area (Å²) in [6, 6.07) is 13.8. The van der Waals surface area contributed by atoms with E-state index in [9.17, 15) is 0 Å². The molecule has 0 aliphatic carbocycles. The minimum Gasteiger partial charge on any atom is -0.496 e. The lowest BCUT2D eigenvalue weighted by Crippen LogP contribution is -2.39. The van der Waals surface area contributed by atoms with Gasteiger partial charge in [0.2, 0.25) is 0 Å². The lowest BCUT2D eigenvalue weighted by molar-refractivity contribution is 0.125. The Morgan fingerprint density at radius 2 is 1.53 bits per heavy atom. The third-order valence-corrected chi connectivity index (χ3v) is 4.36. The summed E-state index contributed by atoms with van der Waals surface area (Å²) in [6.45, 7) is 2.53. The maximum atomic E-state index is 5.68. The van der Waals surface area contributed by atoms with Crippen molar-refractivity contribution in [1.82, 2.24) is 10.6 Å². The average molecular weight is 529 g/mol. The molecule has 0 atom stereocenters. The van der Waals surface area contributed by atoms with E-state index in [0.29, 0.717) is 38.5 Å². The van der Waals surface area contributed by atoms with Gasteiger partial charge in [0.1, 0.15) is 17.2 Å². The Kier molecular flexibility index (Phi) is 12.7. The molecule has 2 aromatic carbocycles. The number of methoxy groups -OCH3 is 3. The average Bonchev–Trinajstić information content (AvgIpc) is 2.77. The van der Waals surface area contributed by atoms with Crippen LogP contribution in [0.4, 0.5) is 0 Å². The van der Waals surface area contributed by atoms with E-state index in [1.54, 1.807) is 28.4 Å². The summed E-state index contributed by atoms with van der Waals surface area (Å²) in [5.41, 5.74) is 2.14. The molecule has 0 saturated carbocycles. The summed E-state index contributed by atoms with van der Waals surface area (Å²) < 4.78 is 22.0. The summed E-state index contributed by atoms with van der Waals surface area (Å²) in [5, 5.41) is 6.55. The number of halogens is 1. The quantitative estimate of drug-likeness (QED) is 0.202. The van der Waals surface area contributed by atoms with E-state index in [1.165, 1.54) is 0 Å².